The SMILES string of the molecule is CCSCCCOc1ccc2c(c1)[C@@H](N)CCC2. The Labute approximate surface area is 114 Å². The van der Waals surface area contributed by atoms with E-state index in [1.165, 1.54) is 29.1 Å². The average molecular weight is 265 g/mol. The van der Waals surface area contributed by atoms with Crippen molar-refractivity contribution in [3.8, 4) is 5.75 Å². The Morgan fingerprint density at radius 1 is 1.44 bits per heavy atom. The molecule has 2 N–H and O–H groups in total. The second kappa shape index (κ2) is 7.05. The van der Waals surface area contributed by atoms with Crippen molar-refractivity contribution in [3.05, 3.63) is 29.3 Å². The fourth-order valence-corrected chi connectivity index (χ4v) is 3.01. The van der Waals surface area contributed by atoms with Crippen molar-refractivity contribution in [2.45, 2.75) is 38.6 Å². The van der Waals surface area contributed by atoms with E-state index in [-0.39, 0.29) is 6.04 Å². The molecule has 100 valence electrons. The van der Waals surface area contributed by atoms with Crippen molar-refractivity contribution in [1.29, 1.82) is 0 Å². The van der Waals surface area contributed by atoms with Crippen LogP contribution in [0, 0.1) is 0 Å². The number of aryl methyl sites for hydroxylation is 1. The number of benzene rings is 1. The molecule has 0 aromatic heterocycles. The van der Waals surface area contributed by atoms with Crippen molar-refractivity contribution in [2.75, 3.05) is 18.1 Å². The molecule has 0 spiro atoms. The topological polar surface area (TPSA) is 35.2 Å². The van der Waals surface area contributed by atoms with Crippen LogP contribution in [-0.4, -0.2) is 18.1 Å². The van der Waals surface area contributed by atoms with E-state index in [4.69, 9.17) is 10.5 Å². The molecule has 0 aliphatic heterocycles. The molecule has 1 atom stereocenters. The van der Waals surface area contributed by atoms with E-state index in [2.05, 4.69) is 25.1 Å². The molecular formula is C15H23NOS. The summed E-state index contributed by atoms with van der Waals surface area (Å²) in [6.45, 7) is 3.00. The van der Waals surface area contributed by atoms with Crippen LogP contribution in [0.3, 0.4) is 0 Å². The van der Waals surface area contributed by atoms with Gasteiger partial charge in [0.15, 0.2) is 0 Å². The molecule has 2 rings (SSSR count). The summed E-state index contributed by atoms with van der Waals surface area (Å²) in [5.41, 5.74) is 8.85. The molecule has 0 unspecified atom stereocenters. The zero-order chi connectivity index (χ0) is 12.8. The lowest BCUT2D eigenvalue weighted by Gasteiger charge is -2.22. The second-order valence-electron chi connectivity index (χ2n) is 4.76. The predicted molar refractivity (Wildman–Crippen MR) is 79.4 cm³/mol. The molecule has 0 heterocycles. The smallest absolute Gasteiger partial charge is 0.119 e. The van der Waals surface area contributed by atoms with E-state index in [0.717, 1.165) is 31.6 Å². The largest absolute Gasteiger partial charge is 0.494 e. The highest BCUT2D eigenvalue weighted by atomic mass is 32.2. The fourth-order valence-electron chi connectivity index (χ4n) is 2.40. The lowest BCUT2D eigenvalue weighted by molar-refractivity contribution is 0.318. The Morgan fingerprint density at radius 2 is 2.33 bits per heavy atom. The monoisotopic (exact) mass is 265 g/mol. The first-order valence-electron chi connectivity index (χ1n) is 6.90. The van der Waals surface area contributed by atoms with Crippen molar-refractivity contribution in [3.63, 3.8) is 0 Å². The lowest BCUT2D eigenvalue weighted by atomic mass is 9.88. The van der Waals surface area contributed by atoms with E-state index in [0.29, 0.717) is 0 Å². The maximum Gasteiger partial charge on any atom is 0.119 e. The van der Waals surface area contributed by atoms with E-state index in [1.54, 1.807) is 0 Å². The Kier molecular flexibility index (Phi) is 5.39. The van der Waals surface area contributed by atoms with Gasteiger partial charge in [-0.3, -0.25) is 0 Å². The molecule has 1 aliphatic rings. The molecule has 3 heteroatoms. The lowest BCUT2D eigenvalue weighted by Crippen LogP contribution is -2.17. The Balaban J connectivity index is 1.88. The molecule has 1 aromatic rings. The maximum absolute atomic E-state index is 6.15. The molecule has 0 fully saturated rings. The number of hydrogen-bond donors (Lipinski definition) is 1. The van der Waals surface area contributed by atoms with Crippen molar-refractivity contribution in [2.24, 2.45) is 5.73 Å². The van der Waals surface area contributed by atoms with E-state index >= 15 is 0 Å². The highest BCUT2D eigenvalue weighted by molar-refractivity contribution is 7.99. The number of rotatable bonds is 6. The van der Waals surface area contributed by atoms with Gasteiger partial charge in [-0.1, -0.05) is 13.0 Å². The third kappa shape index (κ3) is 3.66. The third-order valence-corrected chi connectivity index (χ3v) is 4.37. The van der Waals surface area contributed by atoms with Crippen molar-refractivity contribution < 1.29 is 4.74 Å². The van der Waals surface area contributed by atoms with Crippen LogP contribution >= 0.6 is 11.8 Å². The van der Waals surface area contributed by atoms with Gasteiger partial charge < -0.3 is 10.5 Å². The Hall–Kier alpha value is -0.670. The third-order valence-electron chi connectivity index (χ3n) is 3.38. The highest BCUT2D eigenvalue weighted by Gasteiger charge is 2.17. The summed E-state index contributed by atoms with van der Waals surface area (Å²) in [5.74, 6) is 3.35. The van der Waals surface area contributed by atoms with Crippen molar-refractivity contribution >= 4 is 11.8 Å². The van der Waals surface area contributed by atoms with Gasteiger partial charge in [0, 0.05) is 6.04 Å². The number of hydrogen-bond acceptors (Lipinski definition) is 3. The quantitative estimate of drug-likeness (QED) is 0.799. The summed E-state index contributed by atoms with van der Waals surface area (Å²) in [6.07, 6.45) is 4.59. The van der Waals surface area contributed by atoms with Gasteiger partial charge in [0.25, 0.3) is 0 Å². The zero-order valence-electron chi connectivity index (χ0n) is 11.2. The van der Waals surface area contributed by atoms with E-state index < -0.39 is 0 Å². The number of ether oxygens (including phenoxy) is 1. The summed E-state index contributed by atoms with van der Waals surface area (Å²) >= 11 is 1.97. The molecule has 0 amide bonds. The van der Waals surface area contributed by atoms with E-state index in [9.17, 15) is 0 Å². The maximum atomic E-state index is 6.15. The normalized spacial score (nSPS) is 18.4. The standard InChI is InChI=1S/C15H23NOS/c1-2-18-10-4-9-17-13-8-7-12-5-3-6-15(16)14(12)11-13/h7-8,11,15H,2-6,9-10,16H2,1H3/t15-/m0/s1. The number of thioether (sulfide) groups is 1. The summed E-state index contributed by atoms with van der Waals surface area (Å²) in [4.78, 5) is 0. The van der Waals surface area contributed by atoms with Crippen LogP contribution in [0.1, 0.15) is 43.4 Å². The average Bonchev–Trinajstić information content (AvgIpc) is 2.39. The summed E-state index contributed by atoms with van der Waals surface area (Å²) in [7, 11) is 0. The molecule has 2 nitrogen and oxygen atoms in total. The first kappa shape index (κ1) is 13.8. The predicted octanol–water partition coefficient (Wildman–Crippen LogP) is 3.54. The van der Waals surface area contributed by atoms with Crippen LogP contribution in [0.2, 0.25) is 0 Å². The van der Waals surface area contributed by atoms with Gasteiger partial charge in [0.2, 0.25) is 0 Å². The van der Waals surface area contributed by atoms with Gasteiger partial charge in [-0.05, 0) is 60.4 Å². The minimum Gasteiger partial charge on any atom is -0.494 e. The summed E-state index contributed by atoms with van der Waals surface area (Å²) in [6, 6.07) is 6.62. The van der Waals surface area contributed by atoms with Gasteiger partial charge >= 0.3 is 0 Å². The first-order chi connectivity index (χ1) is 8.81. The van der Waals surface area contributed by atoms with Crippen LogP contribution in [0.4, 0.5) is 0 Å². The summed E-state index contributed by atoms with van der Waals surface area (Å²) < 4.78 is 5.80. The fraction of sp³-hybridized carbons (Fsp3) is 0.600. The highest BCUT2D eigenvalue weighted by Crippen LogP contribution is 2.30. The molecule has 0 bridgehead atoms. The van der Waals surface area contributed by atoms with Gasteiger partial charge in [-0.2, -0.15) is 11.8 Å². The molecule has 18 heavy (non-hydrogen) atoms. The van der Waals surface area contributed by atoms with E-state index in [1.807, 2.05) is 11.8 Å². The summed E-state index contributed by atoms with van der Waals surface area (Å²) in [5, 5.41) is 0. The molecule has 0 radical (unpaired) electrons. The first-order valence-corrected chi connectivity index (χ1v) is 8.05. The molecule has 1 aromatic carbocycles. The van der Waals surface area contributed by atoms with Gasteiger partial charge in [0.05, 0.1) is 6.61 Å². The Bertz CT molecular complexity index is 381. The molecular weight excluding hydrogens is 242 g/mol. The molecule has 1 aliphatic carbocycles. The number of fused-ring (bicyclic) bond motifs is 1. The number of nitrogens with two attached hydrogens (primary N) is 1. The van der Waals surface area contributed by atoms with Crippen LogP contribution < -0.4 is 10.5 Å². The Morgan fingerprint density at radius 3 is 3.17 bits per heavy atom. The van der Waals surface area contributed by atoms with Crippen LogP contribution in [0.5, 0.6) is 5.75 Å². The van der Waals surface area contributed by atoms with Crippen LogP contribution in [0.25, 0.3) is 0 Å². The van der Waals surface area contributed by atoms with Gasteiger partial charge in [-0.25, -0.2) is 0 Å². The minimum absolute atomic E-state index is 0.202. The van der Waals surface area contributed by atoms with Crippen LogP contribution in [0.15, 0.2) is 18.2 Å². The zero-order valence-corrected chi connectivity index (χ0v) is 12.0. The van der Waals surface area contributed by atoms with Crippen LogP contribution in [-0.2, 0) is 6.42 Å². The molecule has 0 saturated carbocycles. The van der Waals surface area contributed by atoms with Gasteiger partial charge in [0.1, 0.15) is 5.75 Å². The van der Waals surface area contributed by atoms with Crippen molar-refractivity contribution in [1.82, 2.24) is 0 Å². The molecule has 0 saturated heterocycles. The minimum atomic E-state index is 0.202. The second-order valence-corrected chi connectivity index (χ2v) is 6.15. The van der Waals surface area contributed by atoms with Gasteiger partial charge in [-0.15, -0.1) is 0 Å².